The monoisotopic (exact) mass is 358 g/mol. The molecule has 0 radical (unpaired) electrons. The average Bonchev–Trinajstić information content (AvgIpc) is 3.12. The van der Waals surface area contributed by atoms with Crippen LogP contribution in [0.2, 0.25) is 5.02 Å². The Labute approximate surface area is 147 Å². The number of halogens is 2. The molecule has 1 saturated heterocycles. The van der Waals surface area contributed by atoms with E-state index >= 15 is 0 Å². The molecule has 0 bridgehead atoms. The minimum Gasteiger partial charge on any atom is -0.378 e. The van der Waals surface area contributed by atoms with Crippen LogP contribution in [0.15, 0.2) is 53.7 Å². The first kappa shape index (κ1) is 15.8. The van der Waals surface area contributed by atoms with E-state index in [0.717, 1.165) is 10.5 Å². The minimum atomic E-state index is -1.33. The van der Waals surface area contributed by atoms with E-state index in [1.807, 2.05) is 0 Å². The van der Waals surface area contributed by atoms with Crippen LogP contribution < -0.4 is 4.90 Å². The van der Waals surface area contributed by atoms with Gasteiger partial charge in [0.1, 0.15) is 5.82 Å². The van der Waals surface area contributed by atoms with Crippen molar-refractivity contribution in [2.45, 2.75) is 18.4 Å². The van der Waals surface area contributed by atoms with E-state index in [0.29, 0.717) is 16.4 Å². The summed E-state index contributed by atoms with van der Waals surface area (Å²) in [5.74, 6) is -1.33. The number of rotatable bonds is 2. The first-order valence-corrected chi connectivity index (χ1v) is 8.00. The van der Waals surface area contributed by atoms with Crippen molar-refractivity contribution >= 4 is 34.8 Å². The lowest BCUT2D eigenvalue weighted by Crippen LogP contribution is -2.40. The lowest BCUT2D eigenvalue weighted by molar-refractivity contribution is -0.136. The molecule has 126 valence electrons. The lowest BCUT2D eigenvalue weighted by Gasteiger charge is -2.19. The number of amides is 2. The summed E-state index contributed by atoms with van der Waals surface area (Å²) in [6.45, 7) is 0. The summed E-state index contributed by atoms with van der Waals surface area (Å²) >= 11 is 5.88. The number of oxime groups is 1. The Kier molecular flexibility index (Phi) is 3.58. The van der Waals surface area contributed by atoms with Crippen LogP contribution in [-0.2, 0) is 14.4 Å². The van der Waals surface area contributed by atoms with E-state index in [-0.39, 0.29) is 12.8 Å². The van der Waals surface area contributed by atoms with Crippen molar-refractivity contribution in [1.82, 2.24) is 0 Å². The summed E-state index contributed by atoms with van der Waals surface area (Å²) in [6.07, 6.45) is 0.0840. The molecule has 2 heterocycles. The smallest absolute Gasteiger partial charge is 0.281 e. The quantitative estimate of drug-likeness (QED) is 0.774. The fourth-order valence-corrected chi connectivity index (χ4v) is 3.18. The molecule has 2 aromatic rings. The third kappa shape index (κ3) is 2.59. The highest BCUT2D eigenvalue weighted by atomic mass is 35.5. The zero-order valence-electron chi connectivity index (χ0n) is 12.9. The number of anilines is 1. The summed E-state index contributed by atoms with van der Waals surface area (Å²) in [5.41, 5.74) is 0.345. The van der Waals surface area contributed by atoms with E-state index in [1.54, 1.807) is 24.3 Å². The molecule has 0 aromatic heterocycles. The molecule has 2 amide bonds. The van der Waals surface area contributed by atoms with E-state index in [2.05, 4.69) is 5.16 Å². The number of carbonyl (C=O) groups is 2. The van der Waals surface area contributed by atoms with Crippen molar-refractivity contribution in [3.05, 3.63) is 64.9 Å². The summed E-state index contributed by atoms with van der Waals surface area (Å²) in [6, 6.07) is 12.2. The molecule has 0 saturated carbocycles. The summed E-state index contributed by atoms with van der Waals surface area (Å²) in [7, 11) is 0. The third-order valence-corrected chi connectivity index (χ3v) is 4.58. The Hall–Kier alpha value is -2.73. The molecule has 4 rings (SSSR count). The van der Waals surface area contributed by atoms with Gasteiger partial charge in [0.25, 0.3) is 5.91 Å². The topological polar surface area (TPSA) is 59.0 Å². The van der Waals surface area contributed by atoms with Crippen LogP contribution in [0.5, 0.6) is 0 Å². The summed E-state index contributed by atoms with van der Waals surface area (Å²) in [4.78, 5) is 31.7. The predicted molar refractivity (Wildman–Crippen MR) is 89.9 cm³/mol. The van der Waals surface area contributed by atoms with Gasteiger partial charge in [-0.25, -0.2) is 9.29 Å². The van der Waals surface area contributed by atoms with Crippen LogP contribution in [0.4, 0.5) is 10.1 Å². The SMILES string of the molecule is O=C1C[C@]2(CC(c3ccc(Cl)cc3)=NO2)C(=O)N1c1ccc(F)cc1. The summed E-state index contributed by atoms with van der Waals surface area (Å²) in [5, 5.41) is 4.60. The fraction of sp³-hybridized carbons (Fsp3) is 0.167. The molecule has 2 aromatic carbocycles. The molecule has 5 nitrogen and oxygen atoms in total. The number of carbonyl (C=O) groups excluding carboxylic acids is 2. The van der Waals surface area contributed by atoms with Crippen molar-refractivity contribution in [2.75, 3.05) is 4.90 Å². The molecule has 25 heavy (non-hydrogen) atoms. The second-order valence-corrected chi connectivity index (χ2v) is 6.43. The molecule has 1 atom stereocenters. The molecule has 0 N–H and O–H groups in total. The van der Waals surface area contributed by atoms with E-state index in [9.17, 15) is 14.0 Å². The lowest BCUT2D eigenvalue weighted by atomic mass is 9.92. The molecular weight excluding hydrogens is 347 g/mol. The van der Waals surface area contributed by atoms with E-state index < -0.39 is 23.2 Å². The zero-order valence-corrected chi connectivity index (χ0v) is 13.7. The second-order valence-electron chi connectivity index (χ2n) is 5.99. The van der Waals surface area contributed by atoms with Gasteiger partial charge in [0.15, 0.2) is 0 Å². The fourth-order valence-electron chi connectivity index (χ4n) is 3.05. The van der Waals surface area contributed by atoms with Crippen LogP contribution in [0.1, 0.15) is 18.4 Å². The molecular formula is C18H12ClFN2O3. The van der Waals surface area contributed by atoms with Gasteiger partial charge in [-0.3, -0.25) is 9.59 Å². The molecule has 2 aliphatic heterocycles. The Morgan fingerprint density at radius 3 is 2.40 bits per heavy atom. The Morgan fingerprint density at radius 1 is 1.04 bits per heavy atom. The molecule has 2 aliphatic rings. The van der Waals surface area contributed by atoms with Gasteiger partial charge in [0.05, 0.1) is 17.8 Å². The van der Waals surface area contributed by atoms with Gasteiger partial charge < -0.3 is 4.84 Å². The second kappa shape index (κ2) is 5.67. The number of imide groups is 1. The predicted octanol–water partition coefficient (Wildman–Crippen LogP) is 3.31. The highest BCUT2D eigenvalue weighted by molar-refractivity contribution is 6.30. The highest BCUT2D eigenvalue weighted by Gasteiger charge is 2.58. The van der Waals surface area contributed by atoms with Gasteiger partial charge in [-0.2, -0.15) is 0 Å². The number of hydrogen-bond donors (Lipinski definition) is 0. The van der Waals surface area contributed by atoms with Crippen molar-refractivity contribution in [3.8, 4) is 0 Å². The van der Waals surface area contributed by atoms with Crippen LogP contribution in [0.3, 0.4) is 0 Å². The number of nitrogens with zero attached hydrogens (tertiary/aromatic N) is 2. The average molecular weight is 359 g/mol. The van der Waals surface area contributed by atoms with E-state index in [1.165, 1.54) is 24.3 Å². The molecule has 0 aliphatic carbocycles. The van der Waals surface area contributed by atoms with Crippen molar-refractivity contribution in [2.24, 2.45) is 5.16 Å². The zero-order chi connectivity index (χ0) is 17.6. The Morgan fingerprint density at radius 2 is 1.72 bits per heavy atom. The number of hydrogen-bond acceptors (Lipinski definition) is 4. The normalized spacial score (nSPS) is 22.5. The summed E-state index contributed by atoms with van der Waals surface area (Å²) < 4.78 is 13.1. The highest BCUT2D eigenvalue weighted by Crippen LogP contribution is 2.39. The van der Waals surface area contributed by atoms with Gasteiger partial charge >= 0.3 is 0 Å². The minimum absolute atomic E-state index is 0.107. The Balaban J connectivity index is 1.60. The first-order chi connectivity index (χ1) is 12.0. The molecule has 0 unspecified atom stereocenters. The first-order valence-electron chi connectivity index (χ1n) is 7.62. The number of benzene rings is 2. The van der Waals surface area contributed by atoms with Gasteiger partial charge in [-0.1, -0.05) is 28.9 Å². The van der Waals surface area contributed by atoms with Gasteiger partial charge in [-0.05, 0) is 42.0 Å². The van der Waals surface area contributed by atoms with Crippen LogP contribution in [0, 0.1) is 5.82 Å². The molecule has 7 heteroatoms. The van der Waals surface area contributed by atoms with Gasteiger partial charge in [0.2, 0.25) is 11.5 Å². The molecule has 1 fully saturated rings. The standard InChI is InChI=1S/C18H12ClFN2O3/c19-12-3-1-11(2-4-12)15-9-18(25-21-15)10-16(23)22(17(18)24)14-7-5-13(20)6-8-14/h1-8H,9-10H2/t18-/m1/s1. The maximum Gasteiger partial charge on any atom is 0.281 e. The van der Waals surface area contributed by atoms with Gasteiger partial charge in [-0.15, -0.1) is 0 Å². The largest absolute Gasteiger partial charge is 0.378 e. The van der Waals surface area contributed by atoms with Crippen molar-refractivity contribution in [3.63, 3.8) is 0 Å². The van der Waals surface area contributed by atoms with Gasteiger partial charge in [0, 0.05) is 11.4 Å². The van der Waals surface area contributed by atoms with Crippen molar-refractivity contribution < 1.29 is 18.8 Å². The van der Waals surface area contributed by atoms with Crippen LogP contribution in [-0.4, -0.2) is 23.1 Å². The van der Waals surface area contributed by atoms with E-state index in [4.69, 9.17) is 16.4 Å². The third-order valence-electron chi connectivity index (χ3n) is 4.32. The van der Waals surface area contributed by atoms with Crippen LogP contribution in [0.25, 0.3) is 0 Å². The Bertz CT molecular complexity index is 896. The van der Waals surface area contributed by atoms with Crippen LogP contribution >= 0.6 is 11.6 Å². The maximum absolute atomic E-state index is 13.1. The molecule has 1 spiro atoms. The maximum atomic E-state index is 13.1. The van der Waals surface area contributed by atoms with Crippen molar-refractivity contribution in [1.29, 1.82) is 0 Å².